The summed E-state index contributed by atoms with van der Waals surface area (Å²) in [5.74, 6) is 1.45. The second-order valence-electron chi connectivity index (χ2n) is 6.17. The van der Waals surface area contributed by atoms with Crippen LogP contribution in [-0.4, -0.2) is 47.8 Å². The molecule has 0 unspecified atom stereocenters. The first kappa shape index (κ1) is 17.2. The van der Waals surface area contributed by atoms with Gasteiger partial charge in [0.15, 0.2) is 0 Å². The number of nitrogens with zero attached hydrogens (tertiary/aromatic N) is 3. The van der Waals surface area contributed by atoms with Crippen molar-refractivity contribution in [1.29, 1.82) is 0 Å². The molecule has 1 aliphatic rings. The van der Waals surface area contributed by atoms with Crippen LogP contribution in [0.4, 0.5) is 0 Å². The summed E-state index contributed by atoms with van der Waals surface area (Å²) < 4.78 is 16.3. The maximum absolute atomic E-state index is 12.8. The highest BCUT2D eigenvalue weighted by atomic mass is 16.5. The number of benzene rings is 2. The second-order valence-corrected chi connectivity index (χ2v) is 6.17. The third-order valence-electron chi connectivity index (χ3n) is 4.42. The van der Waals surface area contributed by atoms with Crippen molar-refractivity contribution in [1.82, 2.24) is 15.0 Å². The SMILES string of the molecule is COc1cccc(C(=O)N2CCO[C@@H](c3noc(-c4ccccc4)n3)C2)c1. The molecule has 0 spiro atoms. The molecule has 0 saturated carbocycles. The molecule has 1 aromatic heterocycles. The van der Waals surface area contributed by atoms with E-state index in [9.17, 15) is 4.79 Å². The Balaban J connectivity index is 1.50. The Kier molecular flexibility index (Phi) is 4.84. The third-order valence-corrected chi connectivity index (χ3v) is 4.42. The molecule has 4 rings (SSSR count). The molecule has 2 aromatic carbocycles. The predicted molar refractivity (Wildman–Crippen MR) is 97.3 cm³/mol. The van der Waals surface area contributed by atoms with Gasteiger partial charge in [-0.05, 0) is 30.3 Å². The quantitative estimate of drug-likeness (QED) is 0.707. The van der Waals surface area contributed by atoms with Crippen LogP contribution in [0, 0.1) is 0 Å². The largest absolute Gasteiger partial charge is 0.497 e. The van der Waals surface area contributed by atoms with Gasteiger partial charge in [-0.1, -0.05) is 29.4 Å². The molecule has 0 bridgehead atoms. The number of hydrogen-bond acceptors (Lipinski definition) is 6. The molecule has 3 aromatic rings. The normalized spacial score (nSPS) is 16.9. The average molecular weight is 365 g/mol. The summed E-state index contributed by atoms with van der Waals surface area (Å²) in [5, 5.41) is 4.04. The fraction of sp³-hybridized carbons (Fsp3) is 0.250. The van der Waals surface area contributed by atoms with Crippen molar-refractivity contribution in [3.8, 4) is 17.2 Å². The lowest BCUT2D eigenvalue weighted by atomic mass is 10.1. The zero-order valence-corrected chi connectivity index (χ0v) is 14.9. The summed E-state index contributed by atoms with van der Waals surface area (Å²) >= 11 is 0. The van der Waals surface area contributed by atoms with E-state index in [2.05, 4.69) is 10.1 Å². The van der Waals surface area contributed by atoms with Gasteiger partial charge < -0.3 is 18.9 Å². The number of ether oxygens (including phenoxy) is 2. The first-order valence-electron chi connectivity index (χ1n) is 8.68. The Labute approximate surface area is 156 Å². The molecule has 1 saturated heterocycles. The van der Waals surface area contributed by atoms with Gasteiger partial charge in [-0.15, -0.1) is 0 Å². The molecule has 0 N–H and O–H groups in total. The van der Waals surface area contributed by atoms with Crippen LogP contribution >= 0.6 is 0 Å². The van der Waals surface area contributed by atoms with Gasteiger partial charge in [0.25, 0.3) is 11.8 Å². The topological polar surface area (TPSA) is 77.7 Å². The van der Waals surface area contributed by atoms with Crippen molar-refractivity contribution in [3.05, 3.63) is 66.0 Å². The fourth-order valence-electron chi connectivity index (χ4n) is 2.99. The monoisotopic (exact) mass is 365 g/mol. The summed E-state index contributed by atoms with van der Waals surface area (Å²) in [4.78, 5) is 19.0. The molecule has 7 heteroatoms. The molecule has 0 aliphatic carbocycles. The highest BCUT2D eigenvalue weighted by Crippen LogP contribution is 2.25. The molecule has 27 heavy (non-hydrogen) atoms. The Hall–Kier alpha value is -3.19. The summed E-state index contributed by atoms with van der Waals surface area (Å²) in [5.41, 5.74) is 1.42. The number of hydrogen-bond donors (Lipinski definition) is 0. The minimum atomic E-state index is -0.422. The summed E-state index contributed by atoms with van der Waals surface area (Å²) in [6, 6.07) is 16.7. The van der Waals surface area contributed by atoms with Gasteiger partial charge in [-0.2, -0.15) is 4.98 Å². The average Bonchev–Trinajstić information content (AvgIpc) is 3.24. The van der Waals surface area contributed by atoms with E-state index in [1.54, 1.807) is 30.2 Å². The number of aromatic nitrogens is 2. The van der Waals surface area contributed by atoms with Gasteiger partial charge in [-0.3, -0.25) is 4.79 Å². The van der Waals surface area contributed by atoms with Crippen molar-refractivity contribution in [2.24, 2.45) is 0 Å². The molecular formula is C20H19N3O4. The van der Waals surface area contributed by atoms with Gasteiger partial charge >= 0.3 is 0 Å². The summed E-state index contributed by atoms with van der Waals surface area (Å²) in [6.07, 6.45) is -0.422. The lowest BCUT2D eigenvalue weighted by molar-refractivity contribution is -0.0276. The number of rotatable bonds is 4. The number of morpholine rings is 1. The highest BCUT2D eigenvalue weighted by Gasteiger charge is 2.29. The Morgan fingerprint density at radius 1 is 1.19 bits per heavy atom. The van der Waals surface area contributed by atoms with Crippen molar-refractivity contribution in [2.45, 2.75) is 6.10 Å². The molecule has 138 valence electrons. The molecular weight excluding hydrogens is 346 g/mol. The Bertz CT molecular complexity index is 926. The van der Waals surface area contributed by atoms with Crippen LogP contribution in [0.1, 0.15) is 22.3 Å². The lowest BCUT2D eigenvalue weighted by Crippen LogP contribution is -2.42. The minimum Gasteiger partial charge on any atom is -0.497 e. The van der Waals surface area contributed by atoms with Gasteiger partial charge in [0.05, 0.1) is 20.3 Å². The van der Waals surface area contributed by atoms with Crippen molar-refractivity contribution in [3.63, 3.8) is 0 Å². The van der Waals surface area contributed by atoms with Crippen LogP contribution in [0.15, 0.2) is 59.1 Å². The third kappa shape index (κ3) is 3.68. The van der Waals surface area contributed by atoms with E-state index in [0.717, 1.165) is 5.56 Å². The van der Waals surface area contributed by atoms with Crippen LogP contribution in [0.5, 0.6) is 5.75 Å². The van der Waals surface area contributed by atoms with Gasteiger partial charge in [0, 0.05) is 17.7 Å². The van der Waals surface area contributed by atoms with Crippen molar-refractivity contribution < 1.29 is 18.8 Å². The number of amides is 1. The predicted octanol–water partition coefficient (Wildman–Crippen LogP) is 2.96. The molecule has 1 atom stereocenters. The van der Waals surface area contributed by atoms with Gasteiger partial charge in [0.1, 0.15) is 11.9 Å². The van der Waals surface area contributed by atoms with Gasteiger partial charge in [-0.25, -0.2) is 0 Å². The first-order chi connectivity index (χ1) is 13.2. The van der Waals surface area contributed by atoms with Crippen molar-refractivity contribution in [2.75, 3.05) is 26.8 Å². The van der Waals surface area contributed by atoms with Crippen LogP contribution < -0.4 is 4.74 Å². The van der Waals surface area contributed by atoms with E-state index < -0.39 is 6.10 Å². The maximum Gasteiger partial charge on any atom is 0.258 e. The fourth-order valence-corrected chi connectivity index (χ4v) is 2.99. The highest BCUT2D eigenvalue weighted by molar-refractivity contribution is 5.94. The van der Waals surface area contributed by atoms with E-state index in [1.165, 1.54) is 0 Å². The zero-order chi connectivity index (χ0) is 18.6. The van der Waals surface area contributed by atoms with E-state index in [-0.39, 0.29) is 5.91 Å². The van der Waals surface area contributed by atoms with Crippen molar-refractivity contribution >= 4 is 5.91 Å². The lowest BCUT2D eigenvalue weighted by Gasteiger charge is -2.31. The standard InChI is InChI=1S/C20H19N3O4/c1-25-16-9-5-8-15(12-16)20(24)23-10-11-26-17(13-23)18-21-19(27-22-18)14-6-3-2-4-7-14/h2-9,12,17H,10-11,13H2,1H3/t17-/m1/s1. The Morgan fingerprint density at radius 3 is 2.85 bits per heavy atom. The number of carbonyl (C=O) groups excluding carboxylic acids is 1. The molecule has 0 radical (unpaired) electrons. The smallest absolute Gasteiger partial charge is 0.258 e. The van der Waals surface area contributed by atoms with Crippen LogP contribution in [-0.2, 0) is 4.74 Å². The molecule has 2 heterocycles. The molecule has 1 amide bonds. The second kappa shape index (κ2) is 7.59. The van der Waals surface area contributed by atoms with E-state index in [4.69, 9.17) is 14.0 Å². The van der Waals surface area contributed by atoms with Crippen LogP contribution in [0.3, 0.4) is 0 Å². The maximum atomic E-state index is 12.8. The zero-order valence-electron chi connectivity index (χ0n) is 14.9. The van der Waals surface area contributed by atoms with Gasteiger partial charge in [0.2, 0.25) is 5.82 Å². The van der Waals surface area contributed by atoms with E-state index in [1.807, 2.05) is 36.4 Å². The molecule has 7 nitrogen and oxygen atoms in total. The Morgan fingerprint density at radius 2 is 2.04 bits per heavy atom. The summed E-state index contributed by atoms with van der Waals surface area (Å²) in [7, 11) is 1.58. The van der Waals surface area contributed by atoms with E-state index in [0.29, 0.717) is 42.7 Å². The van der Waals surface area contributed by atoms with E-state index >= 15 is 0 Å². The molecule has 1 fully saturated rings. The minimum absolute atomic E-state index is 0.0750. The van der Waals surface area contributed by atoms with Crippen LogP contribution in [0.2, 0.25) is 0 Å². The number of carbonyl (C=O) groups is 1. The van der Waals surface area contributed by atoms with Crippen LogP contribution in [0.25, 0.3) is 11.5 Å². The molecule has 1 aliphatic heterocycles. The number of methoxy groups -OCH3 is 1. The first-order valence-corrected chi connectivity index (χ1v) is 8.68. The summed E-state index contributed by atoms with van der Waals surface area (Å²) in [6.45, 7) is 1.29.